The van der Waals surface area contributed by atoms with Gasteiger partial charge in [-0.05, 0) is 134 Å². The number of hydrogen-bond acceptors (Lipinski definition) is 4. The second-order valence-electron chi connectivity index (χ2n) is 18.5. The van der Waals surface area contributed by atoms with E-state index in [1.54, 1.807) is 0 Å². The van der Waals surface area contributed by atoms with Crippen molar-refractivity contribution in [1.29, 1.82) is 0 Å². The van der Waals surface area contributed by atoms with E-state index >= 15 is 0 Å². The fraction of sp³-hybridized carbons (Fsp3) is 0. The molecule has 0 radical (unpaired) electrons. The summed E-state index contributed by atoms with van der Waals surface area (Å²) >= 11 is 0. The number of furan rings is 2. The molecule has 4 nitrogen and oxygen atoms in total. The molecule has 0 spiro atoms. The summed E-state index contributed by atoms with van der Waals surface area (Å²) in [7, 11) is 0. The number of fused-ring (bicyclic) bond motifs is 8. The van der Waals surface area contributed by atoms with Crippen molar-refractivity contribution >= 4 is 99.5 Å². The number of para-hydroxylation sites is 3. The van der Waals surface area contributed by atoms with Gasteiger partial charge < -0.3 is 18.6 Å². The van der Waals surface area contributed by atoms with Gasteiger partial charge in [0.1, 0.15) is 22.3 Å². The van der Waals surface area contributed by atoms with Crippen LogP contribution in [0.4, 0.5) is 34.1 Å². The minimum atomic E-state index is 0.842. The van der Waals surface area contributed by atoms with E-state index in [2.05, 4.69) is 252 Å². The highest BCUT2D eigenvalue weighted by atomic mass is 16.3. The second-order valence-corrected chi connectivity index (χ2v) is 18.5. The van der Waals surface area contributed by atoms with Crippen LogP contribution in [0.15, 0.2) is 276 Å². The molecule has 0 saturated carbocycles. The molecule has 0 N–H and O–H groups in total. The zero-order valence-corrected chi connectivity index (χ0v) is 39.1. The van der Waals surface area contributed by atoms with Crippen molar-refractivity contribution < 1.29 is 8.83 Å². The number of nitrogens with zero attached hydrogens (tertiary/aromatic N) is 2. The lowest BCUT2D eigenvalue weighted by Gasteiger charge is -2.29. The van der Waals surface area contributed by atoms with Crippen LogP contribution in [0.25, 0.3) is 98.8 Å². The number of benzene rings is 12. The largest absolute Gasteiger partial charge is 0.456 e. The number of anilines is 6. The molecule has 0 fully saturated rings. The molecule has 0 aliphatic carbocycles. The van der Waals surface area contributed by atoms with E-state index in [1.807, 2.05) is 24.3 Å². The standard InChI is InChI=1S/C68H44N2O2/c1-2-15-49-41-50(28-27-45(49)13-1)46-29-33-53(34-30-46)70(56-38-40-63-61-22-7-10-26-66(61)72-68(63)44-56)64-24-8-5-20-59(64)51-17-11-18-54(42-51)69(55-37-39-62-60-21-6-9-25-65(60)71-67(62)43-55)52-35-31-48(32-36-52)58-23-12-16-47-14-3-4-19-57(47)58/h1-44H. The first-order chi connectivity index (χ1) is 35.7. The molecule has 72 heavy (non-hydrogen) atoms. The Hall–Kier alpha value is -9.64. The summed E-state index contributed by atoms with van der Waals surface area (Å²) in [5.74, 6) is 0. The van der Waals surface area contributed by atoms with Crippen LogP contribution in [0, 0.1) is 0 Å². The quantitative estimate of drug-likeness (QED) is 0.144. The molecule has 14 rings (SSSR count). The molecule has 2 aromatic heterocycles. The van der Waals surface area contributed by atoms with Crippen LogP contribution < -0.4 is 9.80 Å². The van der Waals surface area contributed by atoms with E-state index < -0.39 is 0 Å². The fourth-order valence-corrected chi connectivity index (χ4v) is 10.7. The third-order valence-corrected chi connectivity index (χ3v) is 14.2. The first-order valence-corrected chi connectivity index (χ1v) is 24.5. The van der Waals surface area contributed by atoms with Gasteiger partial charge in [-0.25, -0.2) is 0 Å². The maximum absolute atomic E-state index is 6.52. The summed E-state index contributed by atoms with van der Waals surface area (Å²) in [5.41, 5.74) is 16.4. The molecule has 12 aromatic carbocycles. The molecule has 14 aromatic rings. The van der Waals surface area contributed by atoms with Crippen LogP contribution >= 0.6 is 0 Å². The number of hydrogen-bond donors (Lipinski definition) is 0. The Morgan fingerprint density at radius 2 is 0.708 bits per heavy atom. The smallest absolute Gasteiger partial charge is 0.137 e. The van der Waals surface area contributed by atoms with Gasteiger partial charge in [0.15, 0.2) is 0 Å². The highest BCUT2D eigenvalue weighted by Crippen LogP contribution is 2.46. The van der Waals surface area contributed by atoms with Gasteiger partial charge in [-0.15, -0.1) is 0 Å². The Morgan fingerprint density at radius 3 is 1.43 bits per heavy atom. The van der Waals surface area contributed by atoms with E-state index in [-0.39, 0.29) is 0 Å². The fourth-order valence-electron chi connectivity index (χ4n) is 10.7. The van der Waals surface area contributed by atoms with Gasteiger partial charge in [0, 0.05) is 67.7 Å². The molecule has 0 atom stereocenters. The van der Waals surface area contributed by atoms with Gasteiger partial charge in [0.25, 0.3) is 0 Å². The molecule has 0 amide bonds. The minimum Gasteiger partial charge on any atom is -0.456 e. The van der Waals surface area contributed by atoms with Gasteiger partial charge in [-0.1, -0.05) is 170 Å². The van der Waals surface area contributed by atoms with Crippen molar-refractivity contribution in [2.24, 2.45) is 0 Å². The summed E-state index contributed by atoms with van der Waals surface area (Å²) < 4.78 is 13.0. The highest BCUT2D eigenvalue weighted by Gasteiger charge is 2.22. The van der Waals surface area contributed by atoms with Crippen molar-refractivity contribution in [3.63, 3.8) is 0 Å². The maximum Gasteiger partial charge on any atom is 0.137 e. The van der Waals surface area contributed by atoms with Crippen molar-refractivity contribution in [2.75, 3.05) is 9.80 Å². The molecule has 2 heterocycles. The molecule has 4 heteroatoms. The predicted molar refractivity (Wildman–Crippen MR) is 302 cm³/mol. The SMILES string of the molecule is c1cc(-c2ccccc2N(c2ccc(-c3ccc4ccccc4c3)cc2)c2ccc3c(c2)oc2ccccc23)cc(N(c2ccc(-c3cccc4ccccc34)cc2)c2ccc3c(c2)oc2ccccc23)c1. The monoisotopic (exact) mass is 920 g/mol. The number of rotatable bonds is 9. The topological polar surface area (TPSA) is 32.8 Å². The van der Waals surface area contributed by atoms with Crippen molar-refractivity contribution in [2.45, 2.75) is 0 Å². The lowest BCUT2D eigenvalue weighted by Crippen LogP contribution is -2.12. The van der Waals surface area contributed by atoms with Gasteiger partial charge in [-0.2, -0.15) is 0 Å². The normalized spacial score (nSPS) is 11.6. The van der Waals surface area contributed by atoms with Gasteiger partial charge >= 0.3 is 0 Å². The van der Waals surface area contributed by atoms with Crippen molar-refractivity contribution in [3.05, 3.63) is 267 Å². The van der Waals surface area contributed by atoms with Gasteiger partial charge in [0.05, 0.1) is 5.69 Å². The van der Waals surface area contributed by atoms with Crippen LogP contribution in [-0.2, 0) is 0 Å². The molecular weight excluding hydrogens is 877 g/mol. The van der Waals surface area contributed by atoms with Crippen LogP contribution in [0.5, 0.6) is 0 Å². The third-order valence-electron chi connectivity index (χ3n) is 14.2. The van der Waals surface area contributed by atoms with E-state index in [1.165, 1.54) is 32.7 Å². The highest BCUT2D eigenvalue weighted by molar-refractivity contribution is 6.08. The third kappa shape index (κ3) is 7.16. The zero-order valence-electron chi connectivity index (χ0n) is 39.1. The molecular formula is C68H44N2O2. The molecule has 0 saturated heterocycles. The summed E-state index contributed by atoms with van der Waals surface area (Å²) in [6.07, 6.45) is 0. The maximum atomic E-state index is 6.52. The zero-order chi connectivity index (χ0) is 47.5. The minimum absolute atomic E-state index is 0.842. The first kappa shape index (κ1) is 41.3. The Labute approximate surface area is 416 Å². The Morgan fingerprint density at radius 1 is 0.222 bits per heavy atom. The van der Waals surface area contributed by atoms with Crippen LogP contribution in [0.2, 0.25) is 0 Å². The lowest BCUT2D eigenvalue weighted by atomic mass is 9.97. The average Bonchev–Trinajstić information content (AvgIpc) is 4.01. The molecule has 338 valence electrons. The van der Waals surface area contributed by atoms with E-state index in [9.17, 15) is 0 Å². The predicted octanol–water partition coefficient (Wildman–Crippen LogP) is 19.7. The molecule has 0 aliphatic rings. The first-order valence-electron chi connectivity index (χ1n) is 24.5. The van der Waals surface area contributed by atoms with Crippen LogP contribution in [-0.4, -0.2) is 0 Å². The van der Waals surface area contributed by atoms with Gasteiger partial charge in [-0.3, -0.25) is 0 Å². The Kier molecular flexibility index (Phi) is 9.82. The van der Waals surface area contributed by atoms with E-state index in [0.717, 1.165) is 100 Å². The van der Waals surface area contributed by atoms with Gasteiger partial charge in [0.2, 0.25) is 0 Å². The van der Waals surface area contributed by atoms with Crippen molar-refractivity contribution in [3.8, 4) is 33.4 Å². The second kappa shape index (κ2) is 17.1. The Bertz CT molecular complexity index is 4350. The molecule has 0 unspecified atom stereocenters. The van der Waals surface area contributed by atoms with E-state index in [4.69, 9.17) is 8.83 Å². The summed E-state index contributed by atoms with van der Waals surface area (Å²) in [6, 6.07) is 95.5. The lowest BCUT2D eigenvalue weighted by molar-refractivity contribution is 0.668. The van der Waals surface area contributed by atoms with E-state index in [0.29, 0.717) is 0 Å². The molecule has 0 bridgehead atoms. The molecule has 0 aliphatic heterocycles. The summed E-state index contributed by atoms with van der Waals surface area (Å²) in [5, 5.41) is 9.31. The Balaban J connectivity index is 0.906. The summed E-state index contributed by atoms with van der Waals surface area (Å²) in [6.45, 7) is 0. The van der Waals surface area contributed by atoms with Crippen molar-refractivity contribution in [1.82, 2.24) is 0 Å². The van der Waals surface area contributed by atoms with Crippen LogP contribution in [0.1, 0.15) is 0 Å². The summed E-state index contributed by atoms with van der Waals surface area (Å²) in [4.78, 5) is 4.70. The van der Waals surface area contributed by atoms with Crippen LogP contribution in [0.3, 0.4) is 0 Å². The average molecular weight is 921 g/mol.